The molecule has 4 N–H and O–H groups in total. The zero-order valence-electron chi connectivity index (χ0n) is 31.9. The molecule has 1 heterocycles. The molecule has 0 amide bonds. The number of allylic oxidation sites excluding steroid dienone is 6. The van der Waals surface area contributed by atoms with Gasteiger partial charge in [-0.25, -0.2) is 4.18 Å². The predicted octanol–water partition coefficient (Wildman–Crippen LogP) is 7.07. The van der Waals surface area contributed by atoms with Crippen molar-refractivity contribution in [2.45, 2.75) is 179 Å². The van der Waals surface area contributed by atoms with Crippen molar-refractivity contribution >= 4 is 16.4 Å². The maximum Gasteiger partial charge on any atom is 0.397 e. The Morgan fingerprint density at radius 2 is 1.33 bits per heavy atom. The van der Waals surface area contributed by atoms with Crippen LogP contribution in [0.25, 0.3) is 0 Å². The monoisotopic (exact) mass is 762 g/mol. The molecule has 0 spiro atoms. The number of carbonyl (C=O) groups excluding carboxylic acids is 1. The third kappa shape index (κ3) is 25.4. The quantitative estimate of drug-likeness (QED) is 0.0232. The maximum absolute atomic E-state index is 12.8. The maximum atomic E-state index is 12.8. The minimum Gasteiger partial charge on any atom is -0.457 e. The van der Waals surface area contributed by atoms with E-state index in [1.165, 1.54) is 44.9 Å². The van der Waals surface area contributed by atoms with Crippen LogP contribution in [0.2, 0.25) is 0 Å². The molecular formula is C39H70O12S. The standard InChI is InChI=1S/C39H70O12S/c1-3-5-7-9-11-13-15-16-17-18-19-20-22-24-26-28-35(41)49-33(31-47-29-27-25-23-21-14-12-10-8-6-4-2)32-48-39-37(43)38(51-52(44,45)46)36(42)34(30-40)50-39/h5,7,11,13,16-17,33-34,36-40,42-43H,3-4,6,8-10,12,14-15,18-32H2,1-2H3,(H,44,45,46)/b7-5-,13-11-,17-16-. The van der Waals surface area contributed by atoms with Gasteiger partial charge in [0.15, 0.2) is 6.29 Å². The lowest BCUT2D eigenvalue weighted by atomic mass is 9.99. The summed E-state index contributed by atoms with van der Waals surface area (Å²) in [6, 6.07) is 0. The topological polar surface area (TPSA) is 178 Å². The second-order valence-corrected chi connectivity index (χ2v) is 14.5. The lowest BCUT2D eigenvalue weighted by molar-refractivity contribution is -0.301. The Morgan fingerprint density at radius 1 is 0.750 bits per heavy atom. The normalized spacial score (nSPS) is 21.8. The van der Waals surface area contributed by atoms with Gasteiger partial charge in [-0.2, -0.15) is 8.42 Å². The summed E-state index contributed by atoms with van der Waals surface area (Å²) in [5.74, 6) is -0.418. The Labute approximate surface area is 313 Å². The van der Waals surface area contributed by atoms with Gasteiger partial charge in [-0.15, -0.1) is 0 Å². The number of hydrogen-bond acceptors (Lipinski definition) is 11. The molecule has 52 heavy (non-hydrogen) atoms. The highest BCUT2D eigenvalue weighted by Gasteiger charge is 2.48. The van der Waals surface area contributed by atoms with Crippen LogP contribution in [-0.2, 0) is 38.3 Å². The van der Waals surface area contributed by atoms with Crippen LogP contribution in [0.5, 0.6) is 0 Å². The SMILES string of the molecule is CC/C=C\C/C=C\C/C=C\CCCCCCCC(=O)OC(COCCCCCCCCCCCC)COC1OC(CO)C(O)C(OS(=O)(=O)O)C1O. The van der Waals surface area contributed by atoms with Crippen LogP contribution < -0.4 is 0 Å². The highest BCUT2D eigenvalue weighted by molar-refractivity contribution is 7.80. The van der Waals surface area contributed by atoms with Crippen molar-refractivity contribution in [2.24, 2.45) is 0 Å². The molecule has 6 unspecified atom stereocenters. The molecular weight excluding hydrogens is 692 g/mol. The lowest BCUT2D eigenvalue weighted by Gasteiger charge is -2.41. The van der Waals surface area contributed by atoms with Crippen molar-refractivity contribution in [2.75, 3.05) is 26.4 Å². The Morgan fingerprint density at radius 3 is 1.94 bits per heavy atom. The molecule has 6 atom stereocenters. The third-order valence-electron chi connectivity index (χ3n) is 8.78. The van der Waals surface area contributed by atoms with Gasteiger partial charge in [0.2, 0.25) is 0 Å². The van der Waals surface area contributed by atoms with Gasteiger partial charge in [0.1, 0.15) is 30.5 Å². The Kier molecular flexibility index (Phi) is 29.4. The van der Waals surface area contributed by atoms with Crippen molar-refractivity contribution in [3.8, 4) is 0 Å². The molecule has 1 saturated heterocycles. The highest BCUT2D eigenvalue weighted by Crippen LogP contribution is 2.26. The Bertz CT molecular complexity index is 1060. The smallest absolute Gasteiger partial charge is 0.397 e. The van der Waals surface area contributed by atoms with Crippen molar-refractivity contribution in [3.63, 3.8) is 0 Å². The van der Waals surface area contributed by atoms with Crippen molar-refractivity contribution in [1.82, 2.24) is 0 Å². The molecule has 1 aliphatic rings. The van der Waals surface area contributed by atoms with Gasteiger partial charge in [-0.1, -0.05) is 127 Å². The first kappa shape index (κ1) is 48.3. The molecule has 0 aromatic rings. The first-order valence-electron chi connectivity index (χ1n) is 19.7. The van der Waals surface area contributed by atoms with E-state index in [1.807, 2.05) is 0 Å². The minimum absolute atomic E-state index is 0.0300. The predicted molar refractivity (Wildman–Crippen MR) is 202 cm³/mol. The molecule has 0 aromatic heterocycles. The van der Waals surface area contributed by atoms with Crippen LogP contribution in [0, 0.1) is 0 Å². The number of hydrogen-bond donors (Lipinski definition) is 4. The van der Waals surface area contributed by atoms with Gasteiger partial charge in [0.05, 0.1) is 19.8 Å². The van der Waals surface area contributed by atoms with Crippen LogP contribution in [0.15, 0.2) is 36.5 Å². The molecule has 0 aromatic carbocycles. The lowest BCUT2D eigenvalue weighted by Crippen LogP contribution is -2.60. The summed E-state index contributed by atoms with van der Waals surface area (Å²) in [6.07, 6.45) is 24.7. The Hall–Kier alpha value is -1.68. The number of aliphatic hydroxyl groups excluding tert-OH is 3. The van der Waals surface area contributed by atoms with Crippen LogP contribution in [0.4, 0.5) is 0 Å². The molecule has 12 nitrogen and oxygen atoms in total. The summed E-state index contributed by atoms with van der Waals surface area (Å²) in [4.78, 5) is 12.8. The van der Waals surface area contributed by atoms with Gasteiger partial charge in [-0.05, 0) is 44.9 Å². The molecule has 0 radical (unpaired) electrons. The molecule has 0 aliphatic carbocycles. The van der Waals surface area contributed by atoms with Crippen LogP contribution in [0.1, 0.15) is 142 Å². The van der Waals surface area contributed by atoms with E-state index in [2.05, 4.69) is 54.5 Å². The zero-order valence-corrected chi connectivity index (χ0v) is 32.7. The summed E-state index contributed by atoms with van der Waals surface area (Å²) in [5.41, 5.74) is 0. The summed E-state index contributed by atoms with van der Waals surface area (Å²) in [7, 11) is -5.06. The van der Waals surface area contributed by atoms with Crippen molar-refractivity contribution < 1.29 is 56.2 Å². The second-order valence-electron chi connectivity index (χ2n) is 13.5. The van der Waals surface area contributed by atoms with E-state index in [4.69, 9.17) is 23.5 Å². The fraction of sp³-hybridized carbons (Fsp3) is 0.821. The fourth-order valence-corrected chi connectivity index (χ4v) is 6.31. The summed E-state index contributed by atoms with van der Waals surface area (Å²) in [6.45, 7) is 3.82. The van der Waals surface area contributed by atoms with Crippen LogP contribution >= 0.6 is 0 Å². The number of rotatable bonds is 33. The van der Waals surface area contributed by atoms with Gasteiger partial charge in [-0.3, -0.25) is 9.35 Å². The third-order valence-corrected chi connectivity index (χ3v) is 9.24. The molecule has 1 rings (SSSR count). The van der Waals surface area contributed by atoms with E-state index < -0.39 is 59.8 Å². The van der Waals surface area contributed by atoms with E-state index in [0.29, 0.717) is 13.0 Å². The fourth-order valence-electron chi connectivity index (χ4n) is 5.80. The van der Waals surface area contributed by atoms with E-state index in [9.17, 15) is 28.5 Å². The molecule has 13 heteroatoms. The summed E-state index contributed by atoms with van der Waals surface area (Å²) < 4.78 is 58.7. The number of aliphatic hydroxyl groups is 3. The first-order valence-corrected chi connectivity index (χ1v) is 21.1. The highest BCUT2D eigenvalue weighted by atomic mass is 32.3. The van der Waals surface area contributed by atoms with Crippen molar-refractivity contribution in [1.29, 1.82) is 0 Å². The number of carbonyl (C=O) groups is 1. The summed E-state index contributed by atoms with van der Waals surface area (Å²) in [5, 5.41) is 30.5. The van der Waals surface area contributed by atoms with Gasteiger partial charge in [0.25, 0.3) is 0 Å². The van der Waals surface area contributed by atoms with Crippen molar-refractivity contribution in [3.05, 3.63) is 36.5 Å². The van der Waals surface area contributed by atoms with E-state index in [1.54, 1.807) is 0 Å². The number of ether oxygens (including phenoxy) is 4. The van der Waals surface area contributed by atoms with Crippen LogP contribution in [-0.4, -0.2) is 97.5 Å². The van der Waals surface area contributed by atoms with E-state index in [-0.39, 0.29) is 19.6 Å². The van der Waals surface area contributed by atoms with Gasteiger partial charge >= 0.3 is 16.4 Å². The van der Waals surface area contributed by atoms with E-state index >= 15 is 0 Å². The average molecular weight is 763 g/mol. The molecule has 0 bridgehead atoms. The van der Waals surface area contributed by atoms with Gasteiger partial charge in [0, 0.05) is 13.0 Å². The number of esters is 1. The summed E-state index contributed by atoms with van der Waals surface area (Å²) >= 11 is 0. The second kappa shape index (κ2) is 31.6. The minimum atomic E-state index is -5.06. The van der Waals surface area contributed by atoms with E-state index in [0.717, 1.165) is 70.6 Å². The molecule has 0 saturated carbocycles. The largest absolute Gasteiger partial charge is 0.457 e. The average Bonchev–Trinajstić information content (AvgIpc) is 3.11. The Balaban J connectivity index is 2.51. The molecule has 304 valence electrons. The van der Waals surface area contributed by atoms with Crippen LogP contribution in [0.3, 0.4) is 0 Å². The zero-order chi connectivity index (χ0) is 38.3. The molecule has 1 fully saturated rings. The number of unbranched alkanes of at least 4 members (excludes halogenated alkanes) is 14. The molecule has 1 aliphatic heterocycles. The van der Waals surface area contributed by atoms with Gasteiger partial charge < -0.3 is 34.3 Å². The first-order chi connectivity index (χ1) is 25.1.